The summed E-state index contributed by atoms with van der Waals surface area (Å²) >= 11 is 0. The van der Waals surface area contributed by atoms with Gasteiger partial charge in [0.05, 0.1) is 30.4 Å². The van der Waals surface area contributed by atoms with E-state index in [-0.39, 0.29) is 12.4 Å². The summed E-state index contributed by atoms with van der Waals surface area (Å²) in [5, 5.41) is 1.73. The van der Waals surface area contributed by atoms with Crippen molar-refractivity contribution in [2.24, 2.45) is 0 Å². The largest absolute Gasteiger partial charge is 0.493 e. The van der Waals surface area contributed by atoms with Crippen LogP contribution < -0.4 is 14.2 Å². The molecule has 2 aromatic carbocycles. The molecule has 0 aliphatic rings. The van der Waals surface area contributed by atoms with E-state index in [1.54, 1.807) is 12.1 Å². The van der Waals surface area contributed by atoms with Gasteiger partial charge in [-0.25, -0.2) is 18.4 Å². The third-order valence-electron chi connectivity index (χ3n) is 4.74. The zero-order valence-corrected chi connectivity index (χ0v) is 18.3. The van der Waals surface area contributed by atoms with Crippen molar-refractivity contribution >= 4 is 31.6 Å². The Bertz CT molecular complexity index is 1350. The molecule has 2 aromatic heterocycles. The van der Waals surface area contributed by atoms with Gasteiger partial charge in [0.15, 0.2) is 11.5 Å². The minimum absolute atomic E-state index is 0.0636. The first-order valence-electron chi connectivity index (χ1n) is 9.73. The van der Waals surface area contributed by atoms with Gasteiger partial charge in [0.25, 0.3) is 0 Å². The molecule has 1 N–H and O–H groups in total. The first-order chi connectivity index (χ1) is 14.8. The number of ether oxygens (including phenoxy) is 3. The second-order valence-electron chi connectivity index (χ2n) is 7.33. The van der Waals surface area contributed by atoms with Crippen molar-refractivity contribution < 1.29 is 22.6 Å². The Labute approximate surface area is 180 Å². The van der Waals surface area contributed by atoms with E-state index in [2.05, 4.69) is 21.0 Å². The molecule has 0 spiro atoms. The predicted molar refractivity (Wildman–Crippen MR) is 119 cm³/mol. The number of rotatable bonds is 8. The number of methoxy groups -OCH3 is 1. The summed E-state index contributed by atoms with van der Waals surface area (Å²) < 4.78 is 39.8. The molecular formula is C22H23N3O5S. The Hall–Kier alpha value is -3.33. The highest BCUT2D eigenvalue weighted by Crippen LogP contribution is 2.36. The van der Waals surface area contributed by atoms with Gasteiger partial charge in [-0.2, -0.15) is 0 Å². The van der Waals surface area contributed by atoms with Crippen LogP contribution in [0.15, 0.2) is 42.7 Å². The van der Waals surface area contributed by atoms with Gasteiger partial charge in [0, 0.05) is 28.9 Å². The number of hydrogen-bond donors (Lipinski definition) is 1. The number of benzene rings is 2. The minimum atomic E-state index is -3.03. The quantitative estimate of drug-likeness (QED) is 0.412. The SMILES string of the molecule is COc1cc2c(Oc3ccc4[nH]c(C)cc4c3)ncnc2cc1OCCCS(C)(=O)=O. The van der Waals surface area contributed by atoms with Gasteiger partial charge in [-0.05, 0) is 43.7 Å². The van der Waals surface area contributed by atoms with E-state index < -0.39 is 9.84 Å². The van der Waals surface area contributed by atoms with Crippen LogP contribution in [0, 0.1) is 6.92 Å². The first kappa shape index (κ1) is 20.9. The molecule has 0 bridgehead atoms. The molecule has 0 radical (unpaired) electrons. The van der Waals surface area contributed by atoms with Crippen LogP contribution in [0.25, 0.3) is 21.8 Å². The summed E-state index contributed by atoms with van der Waals surface area (Å²) in [7, 11) is -1.49. The minimum Gasteiger partial charge on any atom is -0.493 e. The Morgan fingerprint density at radius 2 is 1.90 bits per heavy atom. The zero-order valence-electron chi connectivity index (χ0n) is 17.5. The van der Waals surface area contributed by atoms with Gasteiger partial charge in [0.2, 0.25) is 5.88 Å². The lowest BCUT2D eigenvalue weighted by Crippen LogP contribution is -2.08. The number of nitrogens with zero attached hydrogens (tertiary/aromatic N) is 2. The smallest absolute Gasteiger partial charge is 0.230 e. The van der Waals surface area contributed by atoms with Crippen molar-refractivity contribution in [1.82, 2.24) is 15.0 Å². The van der Waals surface area contributed by atoms with Gasteiger partial charge in [0.1, 0.15) is 21.9 Å². The van der Waals surface area contributed by atoms with E-state index in [1.165, 1.54) is 19.7 Å². The number of nitrogens with one attached hydrogen (secondary N) is 1. The van der Waals surface area contributed by atoms with Crippen molar-refractivity contribution in [1.29, 1.82) is 0 Å². The fourth-order valence-electron chi connectivity index (χ4n) is 3.33. The van der Waals surface area contributed by atoms with Crippen LogP contribution in [0.5, 0.6) is 23.1 Å². The number of sulfone groups is 1. The Morgan fingerprint density at radius 3 is 2.68 bits per heavy atom. The highest BCUT2D eigenvalue weighted by molar-refractivity contribution is 7.90. The molecule has 162 valence electrons. The molecule has 2 heterocycles. The number of H-pyrrole nitrogens is 1. The molecular weight excluding hydrogens is 418 g/mol. The van der Waals surface area contributed by atoms with E-state index in [0.29, 0.717) is 40.5 Å². The molecule has 0 amide bonds. The van der Waals surface area contributed by atoms with E-state index in [1.807, 2.05) is 25.1 Å². The zero-order chi connectivity index (χ0) is 22.0. The Morgan fingerprint density at radius 1 is 1.06 bits per heavy atom. The monoisotopic (exact) mass is 441 g/mol. The van der Waals surface area contributed by atoms with Crippen LogP contribution in [0.2, 0.25) is 0 Å². The van der Waals surface area contributed by atoms with Crippen molar-refractivity contribution in [2.45, 2.75) is 13.3 Å². The number of aromatic amines is 1. The summed E-state index contributed by atoms with van der Waals surface area (Å²) in [5.74, 6) is 2.10. The lowest BCUT2D eigenvalue weighted by Gasteiger charge is -2.13. The van der Waals surface area contributed by atoms with Crippen molar-refractivity contribution in [2.75, 3.05) is 25.7 Å². The molecule has 0 saturated heterocycles. The van der Waals surface area contributed by atoms with Crippen LogP contribution >= 0.6 is 0 Å². The van der Waals surface area contributed by atoms with E-state index in [4.69, 9.17) is 14.2 Å². The number of aryl methyl sites for hydroxylation is 1. The van der Waals surface area contributed by atoms with Gasteiger partial charge < -0.3 is 19.2 Å². The van der Waals surface area contributed by atoms with Crippen LogP contribution in [-0.4, -0.2) is 49.1 Å². The van der Waals surface area contributed by atoms with Crippen LogP contribution in [0.4, 0.5) is 0 Å². The Balaban J connectivity index is 1.60. The number of hydrogen-bond acceptors (Lipinski definition) is 7. The predicted octanol–water partition coefficient (Wildman–Crippen LogP) is 4.03. The molecule has 0 atom stereocenters. The average molecular weight is 442 g/mol. The summed E-state index contributed by atoms with van der Waals surface area (Å²) in [4.78, 5) is 11.9. The molecule has 0 aliphatic carbocycles. The van der Waals surface area contributed by atoms with Gasteiger partial charge in [-0.1, -0.05) is 0 Å². The molecule has 4 rings (SSSR count). The molecule has 9 heteroatoms. The lowest BCUT2D eigenvalue weighted by atomic mass is 10.2. The van der Waals surface area contributed by atoms with E-state index in [0.717, 1.165) is 16.6 Å². The summed E-state index contributed by atoms with van der Waals surface area (Å²) in [6, 6.07) is 11.3. The fraction of sp³-hybridized carbons (Fsp3) is 0.273. The highest BCUT2D eigenvalue weighted by Gasteiger charge is 2.14. The van der Waals surface area contributed by atoms with Gasteiger partial charge in [-0.15, -0.1) is 0 Å². The standard InChI is InChI=1S/C22H23N3O5S/c1-14-9-15-10-16(5-6-18(15)25-14)30-22-17-11-20(28-2)21(12-19(17)23-13-24-22)29-7-4-8-31(3,26)27/h5-6,9-13,25H,4,7-8H2,1-3H3. The Kier molecular flexibility index (Phi) is 5.69. The van der Waals surface area contributed by atoms with Crippen LogP contribution in [0.3, 0.4) is 0 Å². The fourth-order valence-corrected chi connectivity index (χ4v) is 3.97. The second-order valence-corrected chi connectivity index (χ2v) is 9.59. The summed E-state index contributed by atoms with van der Waals surface area (Å²) in [5.41, 5.74) is 2.74. The molecule has 8 nitrogen and oxygen atoms in total. The molecule has 31 heavy (non-hydrogen) atoms. The van der Waals surface area contributed by atoms with Crippen LogP contribution in [0.1, 0.15) is 12.1 Å². The van der Waals surface area contributed by atoms with Crippen LogP contribution in [-0.2, 0) is 9.84 Å². The molecule has 0 unspecified atom stereocenters. The van der Waals surface area contributed by atoms with E-state index in [9.17, 15) is 8.42 Å². The third-order valence-corrected chi connectivity index (χ3v) is 5.77. The maximum Gasteiger partial charge on any atom is 0.230 e. The molecule has 4 aromatic rings. The average Bonchev–Trinajstić information content (AvgIpc) is 3.09. The van der Waals surface area contributed by atoms with Gasteiger partial charge in [-0.3, -0.25) is 0 Å². The van der Waals surface area contributed by atoms with Gasteiger partial charge >= 0.3 is 0 Å². The molecule has 0 fully saturated rings. The third kappa shape index (κ3) is 4.88. The van der Waals surface area contributed by atoms with Crippen molar-refractivity contribution in [3.8, 4) is 23.1 Å². The first-order valence-corrected chi connectivity index (χ1v) is 11.8. The summed E-state index contributed by atoms with van der Waals surface area (Å²) in [6.07, 6.45) is 3.02. The van der Waals surface area contributed by atoms with Crippen molar-refractivity contribution in [3.63, 3.8) is 0 Å². The normalized spacial score (nSPS) is 11.7. The highest BCUT2D eigenvalue weighted by atomic mass is 32.2. The second kappa shape index (κ2) is 8.43. The lowest BCUT2D eigenvalue weighted by molar-refractivity contribution is 0.295. The molecule has 0 saturated carbocycles. The number of fused-ring (bicyclic) bond motifs is 2. The maximum atomic E-state index is 11.3. The maximum absolute atomic E-state index is 11.3. The topological polar surface area (TPSA) is 103 Å². The summed E-state index contributed by atoms with van der Waals surface area (Å²) in [6.45, 7) is 2.26. The number of aromatic nitrogens is 3. The molecule has 0 aliphatic heterocycles. The van der Waals surface area contributed by atoms with Crippen molar-refractivity contribution in [3.05, 3.63) is 48.4 Å². The van der Waals surface area contributed by atoms with E-state index >= 15 is 0 Å².